The number of fused-ring (bicyclic) bond motifs is 1. The fourth-order valence-corrected chi connectivity index (χ4v) is 3.34. The first kappa shape index (κ1) is 20.3. The van der Waals surface area contributed by atoms with Crippen LogP contribution in [0, 0.1) is 6.92 Å². The van der Waals surface area contributed by atoms with Crippen LogP contribution in [0.1, 0.15) is 32.0 Å². The average Bonchev–Trinajstić information content (AvgIpc) is 3.35. The number of guanidine groups is 1. The molecule has 1 aliphatic rings. The van der Waals surface area contributed by atoms with E-state index in [9.17, 15) is 9.59 Å². The van der Waals surface area contributed by atoms with Crippen molar-refractivity contribution in [1.29, 1.82) is 0 Å². The zero-order chi connectivity index (χ0) is 21.8. The quantitative estimate of drug-likeness (QED) is 0.363. The standard InChI is InChI=1S/C23H23N5O3/c1-15-7-9-16(10-8-15)20-27-17(14-31-20)13-26-23(24-2)25-11-12-28-21(29)18-5-3-4-6-19(18)22(28)30/h3-10,14H,11-13H2,1-2H3,(H2,24,25,26). The van der Waals surface area contributed by atoms with E-state index in [-0.39, 0.29) is 18.4 Å². The zero-order valence-electron chi connectivity index (χ0n) is 17.4. The highest BCUT2D eigenvalue weighted by Crippen LogP contribution is 2.22. The van der Waals surface area contributed by atoms with Crippen molar-refractivity contribution in [1.82, 2.24) is 20.5 Å². The predicted molar refractivity (Wildman–Crippen MR) is 117 cm³/mol. The highest BCUT2D eigenvalue weighted by Gasteiger charge is 2.34. The number of rotatable bonds is 6. The summed E-state index contributed by atoms with van der Waals surface area (Å²) in [5, 5.41) is 6.27. The molecule has 2 N–H and O–H groups in total. The Morgan fingerprint density at radius 1 is 1.03 bits per heavy atom. The molecule has 2 amide bonds. The van der Waals surface area contributed by atoms with Crippen molar-refractivity contribution in [3.05, 3.63) is 77.2 Å². The molecule has 0 spiro atoms. The number of oxazole rings is 1. The van der Waals surface area contributed by atoms with Gasteiger partial charge in [-0.25, -0.2) is 4.98 Å². The molecule has 2 heterocycles. The molecule has 0 saturated heterocycles. The van der Waals surface area contributed by atoms with Gasteiger partial charge in [0, 0.05) is 25.7 Å². The van der Waals surface area contributed by atoms with E-state index in [0.29, 0.717) is 36.1 Å². The molecule has 31 heavy (non-hydrogen) atoms. The minimum Gasteiger partial charge on any atom is -0.444 e. The maximum absolute atomic E-state index is 12.4. The normalized spacial score (nSPS) is 13.5. The summed E-state index contributed by atoms with van der Waals surface area (Å²) in [6, 6.07) is 14.8. The first-order chi connectivity index (χ1) is 15.1. The number of carbonyl (C=O) groups excluding carboxylic acids is 2. The van der Waals surface area contributed by atoms with Crippen LogP contribution in [0.15, 0.2) is 64.2 Å². The summed E-state index contributed by atoms with van der Waals surface area (Å²) in [5.74, 6) is 0.565. The van der Waals surface area contributed by atoms with E-state index in [0.717, 1.165) is 11.3 Å². The lowest BCUT2D eigenvalue weighted by Gasteiger charge is -2.16. The van der Waals surface area contributed by atoms with Gasteiger partial charge in [-0.05, 0) is 31.2 Å². The molecule has 158 valence electrons. The number of nitrogens with zero attached hydrogens (tertiary/aromatic N) is 3. The Labute approximate surface area is 180 Å². The number of nitrogens with one attached hydrogen (secondary N) is 2. The molecule has 0 saturated carbocycles. The van der Waals surface area contributed by atoms with Gasteiger partial charge < -0.3 is 15.1 Å². The monoisotopic (exact) mass is 417 g/mol. The summed E-state index contributed by atoms with van der Waals surface area (Å²) in [6.45, 7) is 3.07. The smallest absolute Gasteiger partial charge is 0.261 e. The Morgan fingerprint density at radius 2 is 1.71 bits per heavy atom. The van der Waals surface area contributed by atoms with Crippen molar-refractivity contribution >= 4 is 17.8 Å². The van der Waals surface area contributed by atoms with Gasteiger partial charge in [-0.2, -0.15) is 0 Å². The van der Waals surface area contributed by atoms with Crippen LogP contribution in [0.25, 0.3) is 11.5 Å². The van der Waals surface area contributed by atoms with Crippen LogP contribution >= 0.6 is 0 Å². The van der Waals surface area contributed by atoms with Crippen molar-refractivity contribution < 1.29 is 14.0 Å². The molecule has 8 heteroatoms. The van der Waals surface area contributed by atoms with Crippen LogP contribution in [-0.4, -0.2) is 47.8 Å². The molecule has 0 aliphatic carbocycles. The van der Waals surface area contributed by atoms with Crippen LogP contribution in [0.5, 0.6) is 0 Å². The van der Waals surface area contributed by atoms with Crippen LogP contribution in [0.2, 0.25) is 0 Å². The molecule has 8 nitrogen and oxygen atoms in total. The molecule has 0 fully saturated rings. The molecule has 0 bridgehead atoms. The molecule has 1 aromatic heterocycles. The second-order valence-electron chi connectivity index (χ2n) is 7.17. The van der Waals surface area contributed by atoms with Crippen molar-refractivity contribution in [3.63, 3.8) is 0 Å². The minimum atomic E-state index is -0.267. The highest BCUT2D eigenvalue weighted by atomic mass is 16.3. The zero-order valence-corrected chi connectivity index (χ0v) is 17.4. The lowest BCUT2D eigenvalue weighted by molar-refractivity contribution is 0.0657. The largest absolute Gasteiger partial charge is 0.444 e. The lowest BCUT2D eigenvalue weighted by atomic mass is 10.1. The highest BCUT2D eigenvalue weighted by molar-refractivity contribution is 6.21. The van der Waals surface area contributed by atoms with Crippen molar-refractivity contribution in [2.45, 2.75) is 13.5 Å². The fourth-order valence-electron chi connectivity index (χ4n) is 3.34. The van der Waals surface area contributed by atoms with Gasteiger partial charge in [0.2, 0.25) is 5.89 Å². The van der Waals surface area contributed by atoms with Gasteiger partial charge >= 0.3 is 0 Å². The third kappa shape index (κ3) is 4.32. The molecule has 0 radical (unpaired) electrons. The third-order valence-corrected chi connectivity index (χ3v) is 5.02. The van der Waals surface area contributed by atoms with Gasteiger partial charge in [-0.1, -0.05) is 29.8 Å². The Bertz CT molecular complexity index is 1100. The molecule has 4 rings (SSSR count). The van der Waals surface area contributed by atoms with Crippen molar-refractivity contribution in [3.8, 4) is 11.5 Å². The van der Waals surface area contributed by atoms with Gasteiger partial charge in [0.05, 0.1) is 23.4 Å². The molecule has 2 aromatic carbocycles. The topological polar surface area (TPSA) is 99.8 Å². The van der Waals surface area contributed by atoms with Gasteiger partial charge in [0.1, 0.15) is 6.26 Å². The first-order valence-electron chi connectivity index (χ1n) is 9.98. The molecule has 0 atom stereocenters. The Balaban J connectivity index is 1.28. The minimum absolute atomic E-state index is 0.245. The van der Waals surface area contributed by atoms with E-state index in [1.807, 2.05) is 31.2 Å². The third-order valence-electron chi connectivity index (χ3n) is 5.02. The summed E-state index contributed by atoms with van der Waals surface area (Å²) >= 11 is 0. The second kappa shape index (κ2) is 8.83. The van der Waals surface area contributed by atoms with Gasteiger partial charge in [-0.3, -0.25) is 19.5 Å². The summed E-state index contributed by atoms with van der Waals surface area (Å²) in [6.07, 6.45) is 1.61. The number of aliphatic imine (C=N–C) groups is 1. The Kier molecular flexibility index (Phi) is 5.79. The number of aryl methyl sites for hydroxylation is 1. The summed E-state index contributed by atoms with van der Waals surface area (Å²) in [4.78, 5) is 34.7. The number of amides is 2. The summed E-state index contributed by atoms with van der Waals surface area (Å²) < 4.78 is 5.57. The van der Waals surface area contributed by atoms with E-state index >= 15 is 0 Å². The fraction of sp³-hybridized carbons (Fsp3) is 0.217. The molecule has 3 aromatic rings. The van der Waals surface area contributed by atoms with E-state index < -0.39 is 0 Å². The maximum atomic E-state index is 12.4. The first-order valence-corrected chi connectivity index (χ1v) is 9.98. The average molecular weight is 417 g/mol. The number of carbonyl (C=O) groups is 2. The number of hydrogen-bond acceptors (Lipinski definition) is 5. The van der Waals surface area contributed by atoms with Crippen LogP contribution in [0.4, 0.5) is 0 Å². The van der Waals surface area contributed by atoms with Crippen LogP contribution < -0.4 is 10.6 Å². The second-order valence-corrected chi connectivity index (χ2v) is 7.17. The van der Waals surface area contributed by atoms with Crippen molar-refractivity contribution in [2.24, 2.45) is 4.99 Å². The predicted octanol–water partition coefficient (Wildman–Crippen LogP) is 2.61. The Hall–Kier alpha value is -3.94. The van der Waals surface area contributed by atoms with E-state index in [2.05, 4.69) is 20.6 Å². The number of aromatic nitrogens is 1. The van der Waals surface area contributed by atoms with E-state index in [1.165, 1.54) is 10.5 Å². The van der Waals surface area contributed by atoms with Crippen LogP contribution in [0.3, 0.4) is 0 Å². The molecule has 0 unspecified atom stereocenters. The summed E-state index contributed by atoms with van der Waals surface area (Å²) in [5.41, 5.74) is 3.73. The number of imide groups is 1. The van der Waals surface area contributed by atoms with Crippen molar-refractivity contribution in [2.75, 3.05) is 20.1 Å². The molecular formula is C23H23N5O3. The summed E-state index contributed by atoms with van der Waals surface area (Å²) in [7, 11) is 1.65. The van der Waals surface area contributed by atoms with E-state index in [1.54, 1.807) is 37.6 Å². The number of hydrogen-bond donors (Lipinski definition) is 2. The molecular weight excluding hydrogens is 394 g/mol. The maximum Gasteiger partial charge on any atom is 0.261 e. The van der Waals surface area contributed by atoms with Gasteiger partial charge in [-0.15, -0.1) is 0 Å². The lowest BCUT2D eigenvalue weighted by Crippen LogP contribution is -2.42. The molecule has 1 aliphatic heterocycles. The van der Waals surface area contributed by atoms with Crippen LogP contribution in [-0.2, 0) is 6.54 Å². The van der Waals surface area contributed by atoms with Gasteiger partial charge in [0.15, 0.2) is 5.96 Å². The SMILES string of the molecule is CN=C(NCCN1C(=O)c2ccccc2C1=O)NCc1coc(-c2ccc(C)cc2)n1. The number of benzene rings is 2. The van der Waals surface area contributed by atoms with E-state index in [4.69, 9.17) is 4.42 Å². The Morgan fingerprint density at radius 3 is 2.35 bits per heavy atom. The van der Waals surface area contributed by atoms with Gasteiger partial charge in [0.25, 0.3) is 11.8 Å².